The summed E-state index contributed by atoms with van der Waals surface area (Å²) in [7, 11) is 0. The topological polar surface area (TPSA) is 96.3 Å². The minimum absolute atomic E-state index is 0.0789. The van der Waals surface area contributed by atoms with Crippen LogP contribution < -0.4 is 5.73 Å². The lowest BCUT2D eigenvalue weighted by Gasteiger charge is -2.15. The van der Waals surface area contributed by atoms with Crippen LogP contribution in [0, 0.1) is 11.3 Å². The van der Waals surface area contributed by atoms with E-state index in [4.69, 9.17) is 15.7 Å². The normalized spacial score (nSPS) is 13.5. The molecule has 5 heteroatoms. The average molecular weight is 367 g/mol. The first kappa shape index (κ1) is 24.6. The zero-order valence-corrected chi connectivity index (χ0v) is 16.5. The zero-order valence-electron chi connectivity index (χ0n) is 16.5. The van der Waals surface area contributed by atoms with Crippen molar-refractivity contribution in [2.75, 3.05) is 6.61 Å². The van der Waals surface area contributed by atoms with Crippen LogP contribution in [0.2, 0.25) is 0 Å². The van der Waals surface area contributed by atoms with Gasteiger partial charge in [-0.05, 0) is 12.8 Å². The predicted molar refractivity (Wildman–Crippen MR) is 105 cm³/mol. The van der Waals surface area contributed by atoms with Gasteiger partial charge in [-0.3, -0.25) is 4.79 Å². The lowest BCUT2D eigenvalue weighted by Crippen LogP contribution is -2.38. The SMILES string of the molecule is CCCCCCCCCCCCCC=CC(O)C(N)COC(=O)CC#N. The van der Waals surface area contributed by atoms with Crippen molar-refractivity contribution in [3.05, 3.63) is 12.2 Å². The van der Waals surface area contributed by atoms with E-state index in [-0.39, 0.29) is 13.0 Å². The number of rotatable bonds is 17. The van der Waals surface area contributed by atoms with E-state index in [9.17, 15) is 9.90 Å². The first-order chi connectivity index (χ1) is 12.6. The molecule has 0 rings (SSSR count). The molecule has 150 valence electrons. The van der Waals surface area contributed by atoms with E-state index < -0.39 is 18.1 Å². The van der Waals surface area contributed by atoms with Gasteiger partial charge in [-0.2, -0.15) is 5.26 Å². The molecular weight excluding hydrogens is 328 g/mol. The number of hydrogen-bond acceptors (Lipinski definition) is 5. The minimum Gasteiger partial charge on any atom is -0.463 e. The van der Waals surface area contributed by atoms with E-state index in [2.05, 4.69) is 6.92 Å². The number of carbonyl (C=O) groups is 1. The highest BCUT2D eigenvalue weighted by Crippen LogP contribution is 2.12. The smallest absolute Gasteiger partial charge is 0.320 e. The Labute approximate surface area is 159 Å². The quantitative estimate of drug-likeness (QED) is 0.226. The molecule has 0 aliphatic carbocycles. The first-order valence-electron chi connectivity index (χ1n) is 10.2. The van der Waals surface area contributed by atoms with Gasteiger partial charge in [0, 0.05) is 0 Å². The Morgan fingerprint density at radius 3 is 2.15 bits per heavy atom. The van der Waals surface area contributed by atoms with Gasteiger partial charge in [-0.15, -0.1) is 0 Å². The molecule has 0 radical (unpaired) electrons. The lowest BCUT2D eigenvalue weighted by molar-refractivity contribution is -0.143. The van der Waals surface area contributed by atoms with Crippen LogP contribution in [0.3, 0.4) is 0 Å². The van der Waals surface area contributed by atoms with Crippen LogP contribution in [0.1, 0.15) is 90.4 Å². The second kappa shape index (κ2) is 18.4. The van der Waals surface area contributed by atoms with Gasteiger partial charge in [0.05, 0.1) is 18.2 Å². The summed E-state index contributed by atoms with van der Waals surface area (Å²) in [6, 6.07) is 1.05. The fourth-order valence-electron chi connectivity index (χ4n) is 2.71. The molecule has 0 heterocycles. The van der Waals surface area contributed by atoms with Crippen LogP contribution >= 0.6 is 0 Å². The third-order valence-corrected chi connectivity index (χ3v) is 4.41. The van der Waals surface area contributed by atoms with E-state index in [0.717, 1.165) is 12.8 Å². The van der Waals surface area contributed by atoms with Crippen LogP contribution in [-0.2, 0) is 9.53 Å². The molecule has 3 N–H and O–H groups in total. The maximum absolute atomic E-state index is 11.1. The van der Waals surface area contributed by atoms with Crippen molar-refractivity contribution in [1.82, 2.24) is 0 Å². The number of esters is 1. The number of unbranched alkanes of at least 4 members (excludes halogenated alkanes) is 11. The Kier molecular flexibility index (Phi) is 17.4. The van der Waals surface area contributed by atoms with Crippen molar-refractivity contribution >= 4 is 5.97 Å². The molecule has 0 aromatic carbocycles. The zero-order chi connectivity index (χ0) is 19.5. The van der Waals surface area contributed by atoms with E-state index in [1.165, 1.54) is 64.2 Å². The third kappa shape index (κ3) is 16.1. The number of allylic oxidation sites excluding steroid dienone is 1. The highest BCUT2D eigenvalue weighted by atomic mass is 16.5. The van der Waals surface area contributed by atoms with E-state index in [1.807, 2.05) is 6.08 Å². The summed E-state index contributed by atoms with van der Waals surface area (Å²) in [5.74, 6) is -0.611. The molecule has 0 saturated carbocycles. The summed E-state index contributed by atoms with van der Waals surface area (Å²) in [5, 5.41) is 18.2. The van der Waals surface area contributed by atoms with Gasteiger partial charge in [0.1, 0.15) is 13.0 Å². The van der Waals surface area contributed by atoms with Gasteiger partial charge in [-0.25, -0.2) is 0 Å². The van der Waals surface area contributed by atoms with Crippen molar-refractivity contribution in [1.29, 1.82) is 5.26 Å². The maximum Gasteiger partial charge on any atom is 0.320 e. The number of carbonyl (C=O) groups excluding carboxylic acids is 1. The molecule has 0 fully saturated rings. The van der Waals surface area contributed by atoms with E-state index in [0.29, 0.717) is 0 Å². The Bertz CT molecular complexity index is 405. The molecule has 2 unspecified atom stereocenters. The molecule has 0 aromatic heterocycles. The van der Waals surface area contributed by atoms with Gasteiger partial charge in [0.25, 0.3) is 0 Å². The molecule has 0 amide bonds. The van der Waals surface area contributed by atoms with Gasteiger partial charge in [-0.1, -0.05) is 83.3 Å². The van der Waals surface area contributed by atoms with Gasteiger partial charge >= 0.3 is 5.97 Å². The number of aliphatic hydroxyl groups excluding tert-OH is 1. The summed E-state index contributed by atoms with van der Waals surface area (Å²) in [6.07, 6.45) is 17.9. The summed E-state index contributed by atoms with van der Waals surface area (Å²) >= 11 is 0. The Morgan fingerprint density at radius 2 is 1.62 bits per heavy atom. The predicted octanol–water partition coefficient (Wildman–Crippen LogP) is 4.39. The lowest BCUT2D eigenvalue weighted by atomic mass is 10.0. The van der Waals surface area contributed by atoms with Crippen LogP contribution in [0.4, 0.5) is 0 Å². The van der Waals surface area contributed by atoms with Crippen LogP contribution in [0.5, 0.6) is 0 Å². The molecule has 0 bridgehead atoms. The molecule has 0 aliphatic rings. The summed E-state index contributed by atoms with van der Waals surface area (Å²) in [5.41, 5.74) is 5.75. The minimum atomic E-state index is -0.836. The Balaban J connectivity index is 3.48. The number of ether oxygens (including phenoxy) is 1. The van der Waals surface area contributed by atoms with Crippen LogP contribution in [0.25, 0.3) is 0 Å². The molecule has 5 nitrogen and oxygen atoms in total. The fraction of sp³-hybridized carbons (Fsp3) is 0.810. The number of aliphatic hydroxyl groups is 1. The van der Waals surface area contributed by atoms with E-state index >= 15 is 0 Å². The van der Waals surface area contributed by atoms with Crippen LogP contribution in [0.15, 0.2) is 12.2 Å². The number of nitriles is 1. The number of hydrogen-bond donors (Lipinski definition) is 2. The number of nitrogens with two attached hydrogens (primary N) is 1. The largest absolute Gasteiger partial charge is 0.463 e. The second-order valence-corrected chi connectivity index (χ2v) is 6.92. The van der Waals surface area contributed by atoms with Crippen molar-refractivity contribution in [2.45, 2.75) is 103 Å². The van der Waals surface area contributed by atoms with Gasteiger partial charge < -0.3 is 15.6 Å². The van der Waals surface area contributed by atoms with Gasteiger partial charge in [0.2, 0.25) is 0 Å². The summed E-state index contributed by atoms with van der Waals surface area (Å²) < 4.78 is 4.80. The van der Waals surface area contributed by atoms with Crippen LogP contribution in [-0.4, -0.2) is 29.8 Å². The summed E-state index contributed by atoms with van der Waals surface area (Å²) in [6.45, 7) is 2.17. The molecule has 0 saturated heterocycles. The second-order valence-electron chi connectivity index (χ2n) is 6.92. The van der Waals surface area contributed by atoms with Crippen molar-refractivity contribution in [3.63, 3.8) is 0 Å². The molecule has 26 heavy (non-hydrogen) atoms. The molecule has 0 spiro atoms. The Morgan fingerprint density at radius 1 is 1.08 bits per heavy atom. The van der Waals surface area contributed by atoms with Crippen molar-refractivity contribution in [2.24, 2.45) is 5.73 Å². The highest BCUT2D eigenvalue weighted by Gasteiger charge is 2.13. The van der Waals surface area contributed by atoms with E-state index in [1.54, 1.807) is 12.1 Å². The Hall–Kier alpha value is -1.38. The average Bonchev–Trinajstić information content (AvgIpc) is 2.63. The van der Waals surface area contributed by atoms with Gasteiger partial charge in [0.15, 0.2) is 0 Å². The number of nitrogens with zero attached hydrogens (tertiary/aromatic N) is 1. The molecule has 2 atom stereocenters. The van der Waals surface area contributed by atoms with Crippen molar-refractivity contribution < 1.29 is 14.6 Å². The standard InChI is InChI=1S/C21H38N2O3/c1-2-3-4-5-6-7-8-9-10-11-12-13-14-15-20(24)19(23)18-26-21(25)16-17-22/h14-15,19-20,24H,2-13,16,18,23H2,1H3. The highest BCUT2D eigenvalue weighted by molar-refractivity contribution is 5.71. The van der Waals surface area contributed by atoms with Crippen molar-refractivity contribution in [3.8, 4) is 6.07 Å². The summed E-state index contributed by atoms with van der Waals surface area (Å²) in [4.78, 5) is 11.1. The molecular formula is C21H38N2O3. The first-order valence-corrected chi connectivity index (χ1v) is 10.2. The maximum atomic E-state index is 11.1. The third-order valence-electron chi connectivity index (χ3n) is 4.41. The monoisotopic (exact) mass is 366 g/mol. The molecule has 0 aliphatic heterocycles. The fourth-order valence-corrected chi connectivity index (χ4v) is 2.71. The molecule has 0 aromatic rings.